The first-order chi connectivity index (χ1) is 8.14. The van der Waals surface area contributed by atoms with E-state index in [1.54, 1.807) is 0 Å². The molecule has 1 N–H and O–H groups in total. The van der Waals surface area contributed by atoms with Gasteiger partial charge in [-0.2, -0.15) is 0 Å². The number of amides is 1. The average molecular weight is 230 g/mol. The second-order valence-corrected chi connectivity index (χ2v) is 5.29. The number of carbonyl (C=O) groups is 1. The third-order valence-electron chi connectivity index (χ3n) is 4.10. The van der Waals surface area contributed by atoms with E-state index >= 15 is 0 Å². The van der Waals surface area contributed by atoms with Crippen molar-refractivity contribution >= 4 is 11.6 Å². The largest absolute Gasteiger partial charge is 0.363 e. The zero-order valence-corrected chi connectivity index (χ0v) is 10.4. The minimum absolute atomic E-state index is 0.182. The molecule has 0 aromatic heterocycles. The van der Waals surface area contributed by atoms with E-state index in [-0.39, 0.29) is 11.6 Å². The molecule has 1 aromatic carbocycles. The Balaban J connectivity index is 1.99. The van der Waals surface area contributed by atoms with Crippen LogP contribution in [0.1, 0.15) is 32.3 Å². The Labute approximate surface area is 102 Å². The summed E-state index contributed by atoms with van der Waals surface area (Å²) in [6, 6.07) is 8.26. The lowest BCUT2D eigenvalue weighted by Crippen LogP contribution is -2.51. The van der Waals surface area contributed by atoms with Crippen LogP contribution in [0, 0.1) is 5.92 Å². The summed E-state index contributed by atoms with van der Waals surface area (Å²) in [5, 5.41) is 3.54. The predicted octanol–water partition coefficient (Wildman–Crippen LogP) is 2.59. The Morgan fingerprint density at radius 2 is 2.24 bits per heavy atom. The van der Waals surface area contributed by atoms with E-state index in [1.807, 2.05) is 17.0 Å². The zero-order chi connectivity index (χ0) is 12.0. The first-order valence-electron chi connectivity index (χ1n) is 6.31. The van der Waals surface area contributed by atoms with Gasteiger partial charge in [-0.25, -0.2) is 0 Å². The van der Waals surface area contributed by atoms with Crippen molar-refractivity contribution in [1.82, 2.24) is 4.90 Å². The van der Waals surface area contributed by atoms with E-state index in [1.165, 1.54) is 11.3 Å². The third kappa shape index (κ3) is 1.45. The molecule has 1 amide bonds. The summed E-state index contributed by atoms with van der Waals surface area (Å²) in [5.74, 6) is 0.485. The Bertz CT molecular complexity index is 471. The van der Waals surface area contributed by atoms with Crippen molar-refractivity contribution < 1.29 is 4.79 Å². The predicted molar refractivity (Wildman–Crippen MR) is 67.4 cm³/mol. The number of nitrogens with one attached hydrogen (secondary N) is 1. The summed E-state index contributed by atoms with van der Waals surface area (Å²) in [5.41, 5.74) is 2.21. The van der Waals surface area contributed by atoms with Gasteiger partial charge in [0.15, 0.2) is 0 Å². The Hall–Kier alpha value is -1.51. The molecule has 2 atom stereocenters. The van der Waals surface area contributed by atoms with Gasteiger partial charge in [0.2, 0.25) is 5.91 Å². The second-order valence-electron chi connectivity index (χ2n) is 5.29. The van der Waals surface area contributed by atoms with Crippen LogP contribution in [0.15, 0.2) is 24.3 Å². The molecule has 0 bridgehead atoms. The van der Waals surface area contributed by atoms with Gasteiger partial charge in [-0.1, -0.05) is 25.1 Å². The van der Waals surface area contributed by atoms with Crippen LogP contribution in [0.3, 0.4) is 0 Å². The van der Waals surface area contributed by atoms with Crippen molar-refractivity contribution in [2.45, 2.75) is 38.9 Å². The molecule has 0 saturated carbocycles. The molecule has 90 valence electrons. The van der Waals surface area contributed by atoms with Crippen molar-refractivity contribution in [1.29, 1.82) is 0 Å². The molecule has 2 heterocycles. The SMILES string of the molecule is CC[C@@H]1C[C@]2(C)Nc3ccccc3CN2C1=O. The standard InChI is InChI=1S/C14H18N2O/c1-3-10-8-14(2)15-12-7-5-4-6-11(12)9-16(14)13(10)17/h4-7,10,15H,3,8-9H2,1-2H3/t10-,14-/m1/s1. The summed E-state index contributed by atoms with van der Waals surface area (Å²) in [4.78, 5) is 14.3. The van der Waals surface area contributed by atoms with Crippen molar-refractivity contribution in [2.75, 3.05) is 5.32 Å². The second kappa shape index (κ2) is 3.49. The fraction of sp³-hybridized carbons (Fsp3) is 0.500. The van der Waals surface area contributed by atoms with Crippen molar-refractivity contribution in [3.63, 3.8) is 0 Å². The number of nitrogens with zero attached hydrogens (tertiary/aromatic N) is 1. The summed E-state index contributed by atoms with van der Waals surface area (Å²) < 4.78 is 0. The van der Waals surface area contributed by atoms with Crippen LogP contribution in [-0.2, 0) is 11.3 Å². The molecule has 0 unspecified atom stereocenters. The number of fused-ring (bicyclic) bond motifs is 2. The van der Waals surface area contributed by atoms with E-state index in [0.717, 1.165) is 19.4 Å². The Kier molecular flexibility index (Phi) is 2.18. The number of para-hydroxylation sites is 1. The minimum atomic E-state index is -0.188. The van der Waals surface area contributed by atoms with E-state index < -0.39 is 0 Å². The van der Waals surface area contributed by atoms with Crippen LogP contribution in [0.5, 0.6) is 0 Å². The maximum Gasteiger partial charge on any atom is 0.227 e. The lowest BCUT2D eigenvalue weighted by Gasteiger charge is -2.41. The Morgan fingerprint density at radius 1 is 1.47 bits per heavy atom. The molecule has 1 fully saturated rings. The molecule has 1 aromatic rings. The minimum Gasteiger partial charge on any atom is -0.363 e. The lowest BCUT2D eigenvalue weighted by atomic mass is 9.97. The Morgan fingerprint density at radius 3 is 3.00 bits per heavy atom. The van der Waals surface area contributed by atoms with Gasteiger partial charge in [0, 0.05) is 24.6 Å². The molecule has 2 aliphatic heterocycles. The highest BCUT2D eigenvalue weighted by Crippen LogP contribution is 2.41. The molecule has 1 saturated heterocycles. The molecule has 2 aliphatic rings. The summed E-state index contributed by atoms with van der Waals surface area (Å²) >= 11 is 0. The van der Waals surface area contributed by atoms with Crippen LogP contribution in [0.4, 0.5) is 5.69 Å². The summed E-state index contributed by atoms with van der Waals surface area (Å²) in [7, 11) is 0. The van der Waals surface area contributed by atoms with Gasteiger partial charge in [0.1, 0.15) is 5.66 Å². The van der Waals surface area contributed by atoms with E-state index in [4.69, 9.17) is 0 Å². The molecule has 0 aliphatic carbocycles. The maximum atomic E-state index is 12.3. The highest BCUT2D eigenvalue weighted by atomic mass is 16.2. The highest BCUT2D eigenvalue weighted by molar-refractivity contribution is 5.84. The van der Waals surface area contributed by atoms with Crippen molar-refractivity contribution in [3.8, 4) is 0 Å². The molecule has 0 spiro atoms. The molecule has 17 heavy (non-hydrogen) atoms. The van der Waals surface area contributed by atoms with Gasteiger partial charge in [-0.3, -0.25) is 4.79 Å². The van der Waals surface area contributed by atoms with Crippen molar-refractivity contribution in [3.05, 3.63) is 29.8 Å². The monoisotopic (exact) mass is 230 g/mol. The van der Waals surface area contributed by atoms with Gasteiger partial charge in [0.05, 0.1) is 0 Å². The van der Waals surface area contributed by atoms with Crippen LogP contribution >= 0.6 is 0 Å². The van der Waals surface area contributed by atoms with Gasteiger partial charge < -0.3 is 10.2 Å². The molecular weight excluding hydrogens is 212 g/mol. The molecule has 3 heteroatoms. The fourth-order valence-electron chi connectivity index (χ4n) is 3.07. The number of carbonyl (C=O) groups excluding carboxylic acids is 1. The molecular formula is C14H18N2O. The fourth-order valence-corrected chi connectivity index (χ4v) is 3.07. The molecule has 0 radical (unpaired) electrons. The third-order valence-corrected chi connectivity index (χ3v) is 4.10. The topological polar surface area (TPSA) is 32.3 Å². The van der Waals surface area contributed by atoms with Crippen molar-refractivity contribution in [2.24, 2.45) is 5.92 Å². The number of rotatable bonds is 1. The maximum absolute atomic E-state index is 12.3. The van der Waals surface area contributed by atoms with Gasteiger partial charge in [-0.05, 0) is 25.0 Å². The van der Waals surface area contributed by atoms with Crippen LogP contribution in [0.25, 0.3) is 0 Å². The smallest absolute Gasteiger partial charge is 0.227 e. The van der Waals surface area contributed by atoms with Crippen LogP contribution in [0.2, 0.25) is 0 Å². The normalized spacial score (nSPS) is 30.8. The first-order valence-corrected chi connectivity index (χ1v) is 6.31. The first kappa shape index (κ1) is 10.6. The number of hydrogen-bond acceptors (Lipinski definition) is 2. The van der Waals surface area contributed by atoms with Crippen LogP contribution in [-0.4, -0.2) is 16.5 Å². The van der Waals surface area contributed by atoms with Gasteiger partial charge in [-0.15, -0.1) is 0 Å². The van der Waals surface area contributed by atoms with Gasteiger partial charge in [0.25, 0.3) is 0 Å². The lowest BCUT2D eigenvalue weighted by molar-refractivity contribution is -0.134. The number of anilines is 1. The summed E-state index contributed by atoms with van der Waals surface area (Å²) in [6.07, 6.45) is 1.85. The van der Waals surface area contributed by atoms with E-state index in [9.17, 15) is 4.79 Å². The van der Waals surface area contributed by atoms with E-state index in [0.29, 0.717) is 5.91 Å². The highest BCUT2D eigenvalue weighted by Gasteiger charge is 2.49. The summed E-state index contributed by atoms with van der Waals surface area (Å²) in [6.45, 7) is 4.98. The number of benzene rings is 1. The molecule has 3 nitrogen and oxygen atoms in total. The van der Waals surface area contributed by atoms with Crippen LogP contribution < -0.4 is 5.32 Å². The van der Waals surface area contributed by atoms with Gasteiger partial charge >= 0.3 is 0 Å². The molecule has 3 rings (SSSR count). The number of hydrogen-bond donors (Lipinski definition) is 1. The van der Waals surface area contributed by atoms with E-state index in [2.05, 4.69) is 31.3 Å². The average Bonchev–Trinajstić information content (AvgIpc) is 2.58. The zero-order valence-electron chi connectivity index (χ0n) is 10.4. The quantitative estimate of drug-likeness (QED) is 0.804.